The Hall–Kier alpha value is -1.24. The van der Waals surface area contributed by atoms with Gasteiger partial charge in [-0.3, -0.25) is 0 Å². The normalized spacial score (nSPS) is 30.3. The molecule has 2 N–H and O–H groups in total. The standard InChI is InChI=1S/C14H16ClN3/c15-13-4-1-9(8-16)5-14(13)18-11-2-3-12(18)7-10(17)6-11/h1,4-5,10-12H,2-3,6-7,17H2. The molecule has 94 valence electrons. The van der Waals surface area contributed by atoms with Crippen LogP contribution in [0.15, 0.2) is 18.2 Å². The van der Waals surface area contributed by atoms with E-state index in [1.807, 2.05) is 12.1 Å². The lowest BCUT2D eigenvalue weighted by Gasteiger charge is -2.40. The van der Waals surface area contributed by atoms with E-state index < -0.39 is 0 Å². The van der Waals surface area contributed by atoms with Crippen molar-refractivity contribution in [2.45, 2.75) is 43.8 Å². The Morgan fingerprint density at radius 3 is 2.56 bits per heavy atom. The van der Waals surface area contributed by atoms with Crippen molar-refractivity contribution in [3.05, 3.63) is 28.8 Å². The fraction of sp³-hybridized carbons (Fsp3) is 0.500. The average molecular weight is 262 g/mol. The van der Waals surface area contributed by atoms with Gasteiger partial charge in [-0.2, -0.15) is 5.26 Å². The van der Waals surface area contributed by atoms with Crippen LogP contribution in [-0.4, -0.2) is 18.1 Å². The molecule has 1 aromatic rings. The van der Waals surface area contributed by atoms with Gasteiger partial charge in [0.15, 0.2) is 0 Å². The zero-order valence-electron chi connectivity index (χ0n) is 10.1. The van der Waals surface area contributed by atoms with Crippen LogP contribution in [0.3, 0.4) is 0 Å². The highest BCUT2D eigenvalue weighted by Gasteiger charge is 2.40. The maximum Gasteiger partial charge on any atom is 0.0992 e. The second-order valence-electron chi connectivity index (χ2n) is 5.30. The monoisotopic (exact) mass is 261 g/mol. The lowest BCUT2D eigenvalue weighted by atomic mass is 9.97. The molecule has 0 aromatic heterocycles. The van der Waals surface area contributed by atoms with Gasteiger partial charge in [0.25, 0.3) is 0 Å². The molecule has 0 saturated carbocycles. The van der Waals surface area contributed by atoms with Crippen LogP contribution in [0.5, 0.6) is 0 Å². The molecule has 3 nitrogen and oxygen atoms in total. The minimum absolute atomic E-state index is 0.316. The smallest absolute Gasteiger partial charge is 0.0992 e. The summed E-state index contributed by atoms with van der Waals surface area (Å²) in [7, 11) is 0. The van der Waals surface area contributed by atoms with Gasteiger partial charge in [-0.1, -0.05) is 11.6 Å². The molecular weight excluding hydrogens is 246 g/mol. The molecule has 2 saturated heterocycles. The maximum absolute atomic E-state index is 9.01. The van der Waals surface area contributed by atoms with E-state index >= 15 is 0 Å². The van der Waals surface area contributed by atoms with E-state index in [2.05, 4.69) is 11.0 Å². The third-order valence-corrected chi connectivity index (χ3v) is 4.44. The van der Waals surface area contributed by atoms with Crippen LogP contribution in [0, 0.1) is 11.3 Å². The molecule has 2 fully saturated rings. The number of piperidine rings is 1. The molecule has 2 bridgehead atoms. The van der Waals surface area contributed by atoms with E-state index in [-0.39, 0.29) is 0 Å². The summed E-state index contributed by atoms with van der Waals surface area (Å²) in [5.74, 6) is 0. The van der Waals surface area contributed by atoms with Crippen LogP contribution in [0.4, 0.5) is 5.69 Å². The molecule has 2 aliphatic heterocycles. The van der Waals surface area contributed by atoms with Gasteiger partial charge >= 0.3 is 0 Å². The number of benzene rings is 1. The van der Waals surface area contributed by atoms with Crippen molar-refractivity contribution in [2.75, 3.05) is 4.90 Å². The average Bonchev–Trinajstić information content (AvgIpc) is 2.63. The van der Waals surface area contributed by atoms with Gasteiger partial charge in [-0.15, -0.1) is 0 Å². The number of rotatable bonds is 1. The molecule has 0 aliphatic carbocycles. The lowest BCUT2D eigenvalue weighted by molar-refractivity contribution is 0.414. The van der Waals surface area contributed by atoms with Gasteiger partial charge < -0.3 is 10.6 Å². The Labute approximate surface area is 112 Å². The van der Waals surface area contributed by atoms with Crippen molar-refractivity contribution in [3.8, 4) is 6.07 Å². The van der Waals surface area contributed by atoms with Gasteiger partial charge in [0.05, 0.1) is 22.3 Å². The van der Waals surface area contributed by atoms with Crippen LogP contribution in [0.25, 0.3) is 0 Å². The second-order valence-corrected chi connectivity index (χ2v) is 5.71. The topological polar surface area (TPSA) is 53.0 Å². The quantitative estimate of drug-likeness (QED) is 0.846. The molecule has 1 aromatic carbocycles. The number of halogens is 1. The number of nitrogens with zero attached hydrogens (tertiary/aromatic N) is 2. The van der Waals surface area contributed by atoms with Crippen LogP contribution < -0.4 is 10.6 Å². The van der Waals surface area contributed by atoms with Gasteiger partial charge in [0.1, 0.15) is 0 Å². The Balaban J connectivity index is 1.98. The number of anilines is 1. The summed E-state index contributed by atoms with van der Waals surface area (Å²) < 4.78 is 0. The van der Waals surface area contributed by atoms with Crippen molar-refractivity contribution < 1.29 is 0 Å². The molecule has 18 heavy (non-hydrogen) atoms. The van der Waals surface area contributed by atoms with E-state index in [4.69, 9.17) is 22.6 Å². The van der Waals surface area contributed by atoms with Crippen LogP contribution in [0.2, 0.25) is 5.02 Å². The van der Waals surface area contributed by atoms with Crippen molar-refractivity contribution in [1.82, 2.24) is 0 Å². The minimum Gasteiger partial charge on any atom is -0.364 e. The van der Waals surface area contributed by atoms with Gasteiger partial charge in [-0.05, 0) is 43.9 Å². The first-order valence-corrected chi connectivity index (χ1v) is 6.80. The number of nitrogens with two attached hydrogens (primary N) is 1. The Morgan fingerprint density at radius 2 is 1.94 bits per heavy atom. The largest absolute Gasteiger partial charge is 0.364 e. The van der Waals surface area contributed by atoms with E-state index in [1.165, 1.54) is 12.8 Å². The van der Waals surface area contributed by atoms with Crippen molar-refractivity contribution in [2.24, 2.45) is 5.73 Å². The van der Waals surface area contributed by atoms with Crippen LogP contribution in [-0.2, 0) is 0 Å². The first-order chi connectivity index (χ1) is 8.69. The Bertz CT molecular complexity index is 494. The van der Waals surface area contributed by atoms with Crippen LogP contribution in [0.1, 0.15) is 31.2 Å². The van der Waals surface area contributed by atoms with Crippen LogP contribution >= 0.6 is 11.6 Å². The van der Waals surface area contributed by atoms with E-state index in [9.17, 15) is 0 Å². The third kappa shape index (κ3) is 1.86. The fourth-order valence-electron chi connectivity index (χ4n) is 3.39. The molecule has 2 unspecified atom stereocenters. The fourth-order valence-corrected chi connectivity index (χ4v) is 3.61. The highest BCUT2D eigenvalue weighted by Crippen LogP contribution is 2.41. The number of nitriles is 1. The molecule has 2 aliphatic rings. The van der Waals surface area contributed by atoms with E-state index in [0.29, 0.717) is 23.7 Å². The highest BCUT2D eigenvalue weighted by molar-refractivity contribution is 6.33. The van der Waals surface area contributed by atoms with Gasteiger partial charge in [-0.25, -0.2) is 0 Å². The minimum atomic E-state index is 0.316. The van der Waals surface area contributed by atoms with Crippen molar-refractivity contribution in [1.29, 1.82) is 5.26 Å². The van der Waals surface area contributed by atoms with Gasteiger partial charge in [0, 0.05) is 18.1 Å². The molecule has 4 heteroatoms. The van der Waals surface area contributed by atoms with Gasteiger partial charge in [0.2, 0.25) is 0 Å². The number of fused-ring (bicyclic) bond motifs is 2. The van der Waals surface area contributed by atoms with E-state index in [1.54, 1.807) is 6.07 Å². The number of hydrogen-bond donors (Lipinski definition) is 1. The summed E-state index contributed by atoms with van der Waals surface area (Å²) in [6, 6.07) is 8.98. The predicted molar refractivity (Wildman–Crippen MR) is 72.7 cm³/mol. The molecule has 3 rings (SSSR count). The molecule has 0 radical (unpaired) electrons. The predicted octanol–water partition coefficient (Wildman–Crippen LogP) is 2.67. The Morgan fingerprint density at radius 1 is 1.28 bits per heavy atom. The van der Waals surface area contributed by atoms with E-state index in [0.717, 1.165) is 23.6 Å². The molecule has 0 spiro atoms. The summed E-state index contributed by atoms with van der Waals surface area (Å²) >= 11 is 6.30. The molecule has 2 atom stereocenters. The molecule has 0 amide bonds. The summed E-state index contributed by atoms with van der Waals surface area (Å²) in [5, 5.41) is 9.75. The highest BCUT2D eigenvalue weighted by atomic mass is 35.5. The second kappa shape index (κ2) is 4.46. The van der Waals surface area contributed by atoms with Crippen molar-refractivity contribution >= 4 is 17.3 Å². The zero-order chi connectivity index (χ0) is 12.7. The molecular formula is C14H16ClN3. The summed E-state index contributed by atoms with van der Waals surface area (Å²) in [5.41, 5.74) is 7.76. The summed E-state index contributed by atoms with van der Waals surface area (Å²) in [4.78, 5) is 2.40. The SMILES string of the molecule is N#Cc1ccc(Cl)c(N2C3CCC2CC(N)C3)c1. The molecule has 2 heterocycles. The summed E-state index contributed by atoms with van der Waals surface area (Å²) in [6.45, 7) is 0. The summed E-state index contributed by atoms with van der Waals surface area (Å²) in [6.07, 6.45) is 4.43. The maximum atomic E-state index is 9.01. The Kier molecular flexibility index (Phi) is 2.93. The lowest BCUT2D eigenvalue weighted by Crippen LogP contribution is -2.47. The number of hydrogen-bond acceptors (Lipinski definition) is 3. The third-order valence-electron chi connectivity index (χ3n) is 4.12. The first-order valence-electron chi connectivity index (χ1n) is 6.42. The zero-order valence-corrected chi connectivity index (χ0v) is 10.9. The van der Waals surface area contributed by atoms with Crippen molar-refractivity contribution in [3.63, 3.8) is 0 Å². The first kappa shape index (κ1) is 11.8.